The summed E-state index contributed by atoms with van der Waals surface area (Å²) in [5.74, 6) is -8.82. The van der Waals surface area contributed by atoms with Crippen LogP contribution in [0.4, 0.5) is 13.6 Å². The second kappa shape index (κ2) is 12.1. The first-order valence-electron chi connectivity index (χ1n) is 12.7. The van der Waals surface area contributed by atoms with E-state index < -0.39 is 64.4 Å². The number of imide groups is 1. The molecule has 3 amide bonds. The first-order chi connectivity index (χ1) is 16.8. The highest BCUT2D eigenvalue weighted by Gasteiger charge is 2.57. The van der Waals surface area contributed by atoms with Crippen molar-refractivity contribution in [1.29, 1.82) is 0 Å². The molecule has 1 aliphatic heterocycles. The number of aryl methyl sites for hydroxylation is 1. The molecule has 2 unspecified atom stereocenters. The monoisotopic (exact) mass is 508 g/mol. The molecular formula is C27H40F2N3O4+. The minimum atomic E-state index is -4.25. The minimum Gasteiger partial charge on any atom is -0.316 e. The maximum absolute atomic E-state index is 15.0. The van der Waals surface area contributed by atoms with Gasteiger partial charge >= 0.3 is 17.9 Å². The number of quaternary nitrogens is 1. The molecule has 0 radical (unpaired) electrons. The Labute approximate surface area is 212 Å². The third-order valence-electron chi connectivity index (χ3n) is 7.24. The number of alkyl halides is 2. The SMILES string of the molecule is CC(C)C(NC(=O)[N+]1(C(=O)[C@@H](N)C(C)C)CCC[C@H]1C)C(=O)C(F)(F)C(=O)CCCc1ccccc1. The molecule has 9 heteroatoms. The van der Waals surface area contributed by atoms with E-state index >= 15 is 0 Å². The normalized spacial score (nSPS) is 21.9. The number of carbonyl (C=O) groups excluding carboxylic acids is 4. The summed E-state index contributed by atoms with van der Waals surface area (Å²) in [5, 5.41) is 2.42. The number of benzene rings is 1. The van der Waals surface area contributed by atoms with Crippen LogP contribution in [0.3, 0.4) is 0 Å². The molecule has 1 aromatic carbocycles. The van der Waals surface area contributed by atoms with E-state index in [1.54, 1.807) is 20.8 Å². The van der Waals surface area contributed by atoms with Crippen LogP contribution in [-0.2, 0) is 20.8 Å². The molecule has 1 heterocycles. The number of urea groups is 1. The molecule has 36 heavy (non-hydrogen) atoms. The summed E-state index contributed by atoms with van der Waals surface area (Å²) in [6, 6.07) is 5.37. The standard InChI is InChI=1S/C27H39F2N3O4/c1-17(2)22(30)25(35)32(16-10-11-19(32)5)26(36)31-23(18(3)4)24(34)27(28,29)21(33)15-9-14-20-12-7-6-8-13-20/h6-8,12-13,17-19,22-23H,9-11,14-16,30H2,1-5H3/p+1/t19-,22+,23?,32?/m1/s1. The van der Waals surface area contributed by atoms with Gasteiger partial charge in [-0.05, 0) is 37.2 Å². The molecule has 0 aromatic heterocycles. The van der Waals surface area contributed by atoms with E-state index in [9.17, 15) is 28.0 Å². The molecule has 0 aliphatic carbocycles. The highest BCUT2D eigenvalue weighted by atomic mass is 19.3. The zero-order valence-electron chi connectivity index (χ0n) is 21.9. The zero-order chi connectivity index (χ0) is 27.3. The van der Waals surface area contributed by atoms with Crippen LogP contribution in [0, 0.1) is 11.8 Å². The number of carbonyl (C=O) groups is 4. The second-order valence-electron chi connectivity index (χ2n) is 10.6. The zero-order valence-corrected chi connectivity index (χ0v) is 21.9. The van der Waals surface area contributed by atoms with Gasteiger partial charge in [0, 0.05) is 19.3 Å². The largest absolute Gasteiger partial charge is 0.424 e. The van der Waals surface area contributed by atoms with Gasteiger partial charge < -0.3 is 5.73 Å². The fourth-order valence-corrected chi connectivity index (χ4v) is 4.73. The lowest BCUT2D eigenvalue weighted by Gasteiger charge is -2.37. The number of Topliss-reactive ketones (excluding diaryl/α,β-unsaturated/α-hetero) is 2. The molecule has 4 atom stereocenters. The van der Waals surface area contributed by atoms with Gasteiger partial charge in [0.15, 0.2) is 0 Å². The Balaban J connectivity index is 2.19. The van der Waals surface area contributed by atoms with E-state index in [0.29, 0.717) is 19.3 Å². The highest BCUT2D eigenvalue weighted by molar-refractivity contribution is 6.11. The van der Waals surface area contributed by atoms with Crippen molar-refractivity contribution in [3.05, 3.63) is 35.9 Å². The quantitative estimate of drug-likeness (QED) is 0.347. The molecule has 7 nitrogen and oxygen atoms in total. The second-order valence-corrected chi connectivity index (χ2v) is 10.6. The molecule has 2 rings (SSSR count). The number of hydrogen-bond donors (Lipinski definition) is 2. The molecule has 0 bridgehead atoms. The van der Waals surface area contributed by atoms with Crippen LogP contribution in [0.25, 0.3) is 0 Å². The summed E-state index contributed by atoms with van der Waals surface area (Å²) in [5.41, 5.74) is 7.00. The van der Waals surface area contributed by atoms with E-state index in [2.05, 4.69) is 5.32 Å². The average Bonchev–Trinajstić information content (AvgIpc) is 3.23. The van der Waals surface area contributed by atoms with E-state index in [4.69, 9.17) is 5.73 Å². The van der Waals surface area contributed by atoms with E-state index in [1.807, 2.05) is 30.3 Å². The van der Waals surface area contributed by atoms with Crippen LogP contribution in [0.15, 0.2) is 30.3 Å². The van der Waals surface area contributed by atoms with Gasteiger partial charge in [-0.15, -0.1) is 0 Å². The fourth-order valence-electron chi connectivity index (χ4n) is 4.73. The summed E-state index contributed by atoms with van der Waals surface area (Å²) in [7, 11) is 0. The van der Waals surface area contributed by atoms with Crippen LogP contribution in [0.2, 0.25) is 0 Å². The Morgan fingerprint density at radius 1 is 1.08 bits per heavy atom. The van der Waals surface area contributed by atoms with Gasteiger partial charge in [0.25, 0.3) is 0 Å². The number of nitrogens with one attached hydrogen (secondary N) is 1. The number of likely N-dealkylation sites (tertiary alicyclic amines) is 1. The molecule has 1 fully saturated rings. The summed E-state index contributed by atoms with van der Waals surface area (Å²) < 4.78 is 29.4. The molecule has 200 valence electrons. The van der Waals surface area contributed by atoms with Crippen LogP contribution < -0.4 is 11.1 Å². The fraction of sp³-hybridized carbons (Fsp3) is 0.630. The molecule has 3 N–H and O–H groups in total. The van der Waals surface area contributed by atoms with Crippen molar-refractivity contribution >= 4 is 23.5 Å². The van der Waals surface area contributed by atoms with E-state index in [1.165, 1.54) is 13.8 Å². The maximum atomic E-state index is 15.0. The van der Waals surface area contributed by atoms with Crippen molar-refractivity contribution in [2.75, 3.05) is 6.54 Å². The number of nitrogens with two attached hydrogens (primary N) is 1. The lowest BCUT2D eigenvalue weighted by Crippen LogP contribution is -2.69. The van der Waals surface area contributed by atoms with Crippen LogP contribution in [0.5, 0.6) is 0 Å². The molecule has 0 saturated carbocycles. The minimum absolute atomic E-state index is 0.170. The van der Waals surface area contributed by atoms with Crippen LogP contribution in [0.1, 0.15) is 65.9 Å². The van der Waals surface area contributed by atoms with E-state index in [0.717, 1.165) is 5.56 Å². The number of ketones is 2. The lowest BCUT2D eigenvalue weighted by molar-refractivity contribution is -0.785. The topological polar surface area (TPSA) is 106 Å². The molecule has 1 saturated heterocycles. The Kier molecular flexibility index (Phi) is 10.0. The number of rotatable bonds is 11. The molecule has 1 aromatic rings. The van der Waals surface area contributed by atoms with Gasteiger partial charge in [-0.3, -0.25) is 14.9 Å². The Morgan fingerprint density at radius 2 is 1.69 bits per heavy atom. The third kappa shape index (κ3) is 6.24. The van der Waals surface area contributed by atoms with Crippen molar-refractivity contribution in [1.82, 2.24) is 5.32 Å². The van der Waals surface area contributed by atoms with Crippen molar-refractivity contribution in [2.24, 2.45) is 17.6 Å². The molecular weight excluding hydrogens is 468 g/mol. The van der Waals surface area contributed by atoms with Gasteiger partial charge in [0.1, 0.15) is 18.1 Å². The smallest absolute Gasteiger partial charge is 0.316 e. The molecule has 0 spiro atoms. The predicted molar refractivity (Wildman–Crippen MR) is 133 cm³/mol. The maximum Gasteiger partial charge on any atom is 0.424 e. The lowest BCUT2D eigenvalue weighted by atomic mass is 9.92. The average molecular weight is 509 g/mol. The number of nitrogens with zero attached hydrogens (tertiary/aromatic N) is 1. The first kappa shape index (κ1) is 29.7. The summed E-state index contributed by atoms with van der Waals surface area (Å²) in [4.78, 5) is 52.1. The molecule has 1 aliphatic rings. The van der Waals surface area contributed by atoms with Gasteiger partial charge in [0.2, 0.25) is 11.6 Å². The van der Waals surface area contributed by atoms with Gasteiger partial charge in [-0.25, -0.2) is 9.59 Å². The summed E-state index contributed by atoms with van der Waals surface area (Å²) in [6.07, 6.45) is 1.30. The van der Waals surface area contributed by atoms with Gasteiger partial charge in [-0.1, -0.05) is 58.0 Å². The van der Waals surface area contributed by atoms with Crippen molar-refractivity contribution < 1.29 is 32.4 Å². The van der Waals surface area contributed by atoms with Crippen molar-refractivity contribution in [3.8, 4) is 0 Å². The Morgan fingerprint density at radius 3 is 2.19 bits per heavy atom. The van der Waals surface area contributed by atoms with Crippen LogP contribution in [-0.4, -0.2) is 58.6 Å². The highest BCUT2D eigenvalue weighted by Crippen LogP contribution is 2.31. The number of amides is 3. The number of hydrogen-bond acceptors (Lipinski definition) is 5. The predicted octanol–water partition coefficient (Wildman–Crippen LogP) is 4.03. The van der Waals surface area contributed by atoms with Crippen molar-refractivity contribution in [2.45, 2.75) is 90.8 Å². The summed E-state index contributed by atoms with van der Waals surface area (Å²) >= 11 is 0. The van der Waals surface area contributed by atoms with E-state index in [-0.39, 0.29) is 18.9 Å². The first-order valence-corrected chi connectivity index (χ1v) is 12.7. The van der Waals surface area contributed by atoms with Crippen LogP contribution >= 0.6 is 0 Å². The van der Waals surface area contributed by atoms with Crippen molar-refractivity contribution in [3.63, 3.8) is 0 Å². The third-order valence-corrected chi connectivity index (χ3v) is 7.24. The Hall–Kier alpha value is -2.52. The Bertz CT molecular complexity index is 952. The van der Waals surface area contributed by atoms with Gasteiger partial charge in [0.05, 0.1) is 6.54 Å². The number of halogens is 2. The summed E-state index contributed by atoms with van der Waals surface area (Å²) in [6.45, 7) is 8.48. The van der Waals surface area contributed by atoms with Gasteiger partial charge in [-0.2, -0.15) is 13.3 Å².